The highest BCUT2D eigenvalue weighted by atomic mass is 19.3. The van der Waals surface area contributed by atoms with E-state index in [9.17, 15) is 8.78 Å². The number of nitrogens with two attached hydrogens (primary N) is 1. The fourth-order valence-electron chi connectivity index (χ4n) is 0.528. The van der Waals surface area contributed by atoms with E-state index >= 15 is 0 Å². The number of ether oxygens (including phenoxy) is 1. The summed E-state index contributed by atoms with van der Waals surface area (Å²) in [5.74, 6) is -2.88. The lowest BCUT2D eigenvalue weighted by Gasteiger charge is -2.15. The molecule has 0 aliphatic rings. The Hall–Kier alpha value is -0.260. The molecule has 0 aromatic carbocycles. The van der Waals surface area contributed by atoms with E-state index < -0.39 is 19.1 Å². The minimum Gasteiger partial charge on any atom is -0.374 e. The van der Waals surface area contributed by atoms with Crippen molar-refractivity contribution in [2.75, 3.05) is 40.4 Å². The summed E-state index contributed by atoms with van der Waals surface area (Å²) in [5.41, 5.74) is 4.81. The zero-order valence-electron chi connectivity index (χ0n) is 7.52. The maximum absolute atomic E-state index is 12.4. The van der Waals surface area contributed by atoms with Crippen molar-refractivity contribution in [3.05, 3.63) is 0 Å². The molecule has 0 radical (unpaired) electrons. The van der Waals surface area contributed by atoms with E-state index in [0.717, 1.165) is 0 Å². The molecule has 0 spiro atoms. The molecule has 0 saturated carbocycles. The molecular formula is C7H16F2N2O. The molecule has 74 valence electrons. The van der Waals surface area contributed by atoms with Gasteiger partial charge in [-0.1, -0.05) is 0 Å². The molecule has 0 bridgehead atoms. The Kier molecular flexibility index (Phi) is 5.28. The van der Waals surface area contributed by atoms with Crippen molar-refractivity contribution in [2.24, 2.45) is 5.73 Å². The summed E-state index contributed by atoms with van der Waals surface area (Å²) in [7, 11) is 3.70. The van der Waals surface area contributed by atoms with Crippen molar-refractivity contribution in [3.8, 4) is 0 Å². The third kappa shape index (κ3) is 6.45. The van der Waals surface area contributed by atoms with Crippen LogP contribution in [0.15, 0.2) is 0 Å². The minimum atomic E-state index is -2.88. The van der Waals surface area contributed by atoms with Crippen molar-refractivity contribution in [3.63, 3.8) is 0 Å². The summed E-state index contributed by atoms with van der Waals surface area (Å²) in [6.07, 6.45) is 0. The van der Waals surface area contributed by atoms with Gasteiger partial charge in [-0.3, -0.25) is 0 Å². The Morgan fingerprint density at radius 2 is 2.00 bits per heavy atom. The van der Waals surface area contributed by atoms with Crippen molar-refractivity contribution in [1.29, 1.82) is 0 Å². The van der Waals surface area contributed by atoms with Gasteiger partial charge in [0.1, 0.15) is 6.61 Å². The molecule has 0 atom stereocenters. The molecule has 0 fully saturated rings. The maximum Gasteiger partial charge on any atom is 0.282 e. The second-order valence-electron chi connectivity index (χ2n) is 2.92. The third-order valence-corrected chi connectivity index (χ3v) is 1.29. The fourth-order valence-corrected chi connectivity index (χ4v) is 0.528. The summed E-state index contributed by atoms with van der Waals surface area (Å²) in [6, 6.07) is 0. The average Bonchev–Trinajstić information content (AvgIpc) is 1.98. The second-order valence-corrected chi connectivity index (χ2v) is 2.92. The molecule has 3 nitrogen and oxygen atoms in total. The molecule has 0 rings (SSSR count). The van der Waals surface area contributed by atoms with E-state index in [1.54, 1.807) is 0 Å². The predicted molar refractivity (Wildman–Crippen MR) is 43.4 cm³/mol. The van der Waals surface area contributed by atoms with Crippen molar-refractivity contribution < 1.29 is 13.5 Å². The van der Waals surface area contributed by atoms with Crippen molar-refractivity contribution in [2.45, 2.75) is 5.92 Å². The lowest BCUT2D eigenvalue weighted by molar-refractivity contribution is -0.0708. The number of nitrogens with zero attached hydrogens (tertiary/aromatic N) is 1. The van der Waals surface area contributed by atoms with E-state index in [0.29, 0.717) is 13.2 Å². The van der Waals surface area contributed by atoms with Crippen molar-refractivity contribution in [1.82, 2.24) is 4.90 Å². The van der Waals surface area contributed by atoms with E-state index in [4.69, 9.17) is 10.5 Å². The van der Waals surface area contributed by atoms with Crippen molar-refractivity contribution >= 4 is 0 Å². The summed E-state index contributed by atoms with van der Waals surface area (Å²) in [4.78, 5) is 1.86. The summed E-state index contributed by atoms with van der Waals surface area (Å²) >= 11 is 0. The number of hydrogen-bond donors (Lipinski definition) is 1. The van der Waals surface area contributed by atoms with Gasteiger partial charge in [-0.05, 0) is 14.1 Å². The van der Waals surface area contributed by atoms with Crippen LogP contribution in [-0.4, -0.2) is 51.2 Å². The fraction of sp³-hybridized carbons (Fsp3) is 1.00. The zero-order chi connectivity index (χ0) is 9.61. The SMILES string of the molecule is CN(C)CCOCC(F)(F)CN. The van der Waals surface area contributed by atoms with Crippen LogP contribution in [0.25, 0.3) is 0 Å². The van der Waals surface area contributed by atoms with Gasteiger partial charge < -0.3 is 15.4 Å². The van der Waals surface area contributed by atoms with Gasteiger partial charge in [-0.15, -0.1) is 0 Å². The monoisotopic (exact) mass is 182 g/mol. The molecule has 2 N–H and O–H groups in total. The predicted octanol–water partition coefficient (Wildman–Crippen LogP) is 0.159. The highest BCUT2D eigenvalue weighted by Gasteiger charge is 2.26. The first-order valence-corrected chi connectivity index (χ1v) is 3.78. The largest absolute Gasteiger partial charge is 0.374 e. The molecule has 0 heterocycles. The molecule has 0 aromatic heterocycles. The Bertz CT molecular complexity index is 120. The molecule has 5 heteroatoms. The molecule has 0 amide bonds. The van der Waals surface area contributed by atoms with Crippen LogP contribution in [0.4, 0.5) is 8.78 Å². The number of rotatable bonds is 6. The number of hydrogen-bond acceptors (Lipinski definition) is 3. The second kappa shape index (κ2) is 5.40. The molecule has 0 saturated heterocycles. The van der Waals surface area contributed by atoms with Gasteiger partial charge in [0, 0.05) is 6.54 Å². The highest BCUT2D eigenvalue weighted by molar-refractivity contribution is 4.64. The van der Waals surface area contributed by atoms with Gasteiger partial charge in [0.25, 0.3) is 5.92 Å². The maximum atomic E-state index is 12.4. The number of likely N-dealkylation sites (N-methyl/N-ethyl adjacent to an activating group) is 1. The first-order valence-electron chi connectivity index (χ1n) is 3.78. The molecule has 0 aliphatic carbocycles. The van der Waals surface area contributed by atoms with Gasteiger partial charge >= 0.3 is 0 Å². The highest BCUT2D eigenvalue weighted by Crippen LogP contribution is 2.10. The van der Waals surface area contributed by atoms with Gasteiger partial charge in [-0.2, -0.15) is 0 Å². The van der Waals surface area contributed by atoms with Gasteiger partial charge in [0.15, 0.2) is 0 Å². The first kappa shape index (κ1) is 11.7. The Balaban J connectivity index is 3.31. The average molecular weight is 182 g/mol. The smallest absolute Gasteiger partial charge is 0.282 e. The molecule has 0 aromatic rings. The van der Waals surface area contributed by atoms with Crippen LogP contribution >= 0.6 is 0 Å². The normalized spacial score (nSPS) is 12.5. The number of alkyl halides is 2. The third-order valence-electron chi connectivity index (χ3n) is 1.29. The Morgan fingerprint density at radius 1 is 1.42 bits per heavy atom. The molecule has 12 heavy (non-hydrogen) atoms. The number of halogens is 2. The molecule has 0 aliphatic heterocycles. The zero-order valence-corrected chi connectivity index (χ0v) is 7.52. The summed E-state index contributed by atoms with van der Waals surface area (Å²) in [5, 5.41) is 0. The van der Waals surface area contributed by atoms with Crippen LogP contribution < -0.4 is 5.73 Å². The lowest BCUT2D eigenvalue weighted by atomic mass is 10.4. The standard InChI is InChI=1S/C7H16F2N2O/c1-11(2)3-4-12-6-7(8,9)5-10/h3-6,10H2,1-2H3. The van der Waals surface area contributed by atoms with E-state index in [-0.39, 0.29) is 0 Å². The topological polar surface area (TPSA) is 38.5 Å². The van der Waals surface area contributed by atoms with Gasteiger partial charge in [0.05, 0.1) is 13.2 Å². The Morgan fingerprint density at radius 3 is 2.42 bits per heavy atom. The summed E-state index contributed by atoms with van der Waals surface area (Å²) in [6.45, 7) is -0.296. The van der Waals surface area contributed by atoms with E-state index in [1.165, 1.54) is 0 Å². The van der Waals surface area contributed by atoms with Gasteiger partial charge in [0.2, 0.25) is 0 Å². The quantitative estimate of drug-likeness (QED) is 0.595. The van der Waals surface area contributed by atoms with Crippen LogP contribution in [-0.2, 0) is 4.74 Å². The van der Waals surface area contributed by atoms with E-state index in [2.05, 4.69) is 0 Å². The van der Waals surface area contributed by atoms with Crippen LogP contribution in [0.2, 0.25) is 0 Å². The molecule has 0 unspecified atom stereocenters. The van der Waals surface area contributed by atoms with Crippen LogP contribution in [0, 0.1) is 0 Å². The molecular weight excluding hydrogens is 166 g/mol. The van der Waals surface area contributed by atoms with Crippen LogP contribution in [0.5, 0.6) is 0 Å². The van der Waals surface area contributed by atoms with E-state index in [1.807, 2.05) is 19.0 Å². The van der Waals surface area contributed by atoms with Crippen LogP contribution in [0.1, 0.15) is 0 Å². The lowest BCUT2D eigenvalue weighted by Crippen LogP contribution is -2.34. The summed E-state index contributed by atoms with van der Waals surface area (Å²) < 4.78 is 29.6. The minimum absolute atomic E-state index is 0.308. The Labute approximate surface area is 71.5 Å². The van der Waals surface area contributed by atoms with Gasteiger partial charge in [-0.25, -0.2) is 8.78 Å². The van der Waals surface area contributed by atoms with Crippen LogP contribution in [0.3, 0.4) is 0 Å². The first-order chi connectivity index (χ1) is 5.48.